The molecule has 2 aromatic carbocycles. The minimum atomic E-state index is -3.65. The zero-order valence-corrected chi connectivity index (χ0v) is 14.1. The van der Waals surface area contributed by atoms with Crippen LogP contribution in [0.25, 0.3) is 0 Å². The van der Waals surface area contributed by atoms with Crippen molar-refractivity contribution < 1.29 is 8.42 Å². The maximum atomic E-state index is 12.6. The van der Waals surface area contributed by atoms with E-state index in [-0.39, 0.29) is 4.90 Å². The summed E-state index contributed by atoms with van der Waals surface area (Å²) in [6.07, 6.45) is 0. The summed E-state index contributed by atoms with van der Waals surface area (Å²) in [5.74, 6) is 0. The fourth-order valence-corrected chi connectivity index (χ4v) is 4.14. The molecule has 0 aliphatic rings. The minimum absolute atomic E-state index is 0.268. The van der Waals surface area contributed by atoms with Gasteiger partial charge >= 0.3 is 0 Å². The second-order valence-electron chi connectivity index (χ2n) is 5.31. The lowest BCUT2D eigenvalue weighted by molar-refractivity contribution is 0.600. The smallest absolute Gasteiger partial charge is 0.262 e. The van der Waals surface area contributed by atoms with Crippen molar-refractivity contribution in [2.24, 2.45) is 0 Å². The molecule has 0 saturated carbocycles. The first-order valence-corrected chi connectivity index (χ1v) is 8.43. The van der Waals surface area contributed by atoms with Gasteiger partial charge in [0.15, 0.2) is 0 Å². The number of hydrogen-bond donors (Lipinski definition) is 1. The average molecular weight is 324 g/mol. The molecule has 0 aromatic heterocycles. The highest BCUT2D eigenvalue weighted by atomic mass is 35.5. The van der Waals surface area contributed by atoms with Crippen LogP contribution in [0.2, 0.25) is 5.02 Å². The highest BCUT2D eigenvalue weighted by Crippen LogP contribution is 2.30. The summed E-state index contributed by atoms with van der Waals surface area (Å²) in [6.45, 7) is 7.46. The third kappa shape index (κ3) is 3.39. The monoisotopic (exact) mass is 323 g/mol. The van der Waals surface area contributed by atoms with Gasteiger partial charge in [-0.25, -0.2) is 8.42 Å². The lowest BCUT2D eigenvalue weighted by atomic mass is 10.1. The Morgan fingerprint density at radius 3 is 2.10 bits per heavy atom. The van der Waals surface area contributed by atoms with E-state index in [4.69, 9.17) is 11.6 Å². The fourth-order valence-electron chi connectivity index (χ4n) is 2.34. The van der Waals surface area contributed by atoms with E-state index in [2.05, 4.69) is 4.72 Å². The molecule has 0 aliphatic carbocycles. The van der Waals surface area contributed by atoms with Gasteiger partial charge in [0.25, 0.3) is 10.0 Å². The van der Waals surface area contributed by atoms with Crippen LogP contribution in [0.15, 0.2) is 35.2 Å². The Balaban J connectivity index is 2.47. The van der Waals surface area contributed by atoms with Gasteiger partial charge in [0, 0.05) is 0 Å². The molecular formula is C16H18ClNO2S. The minimum Gasteiger partial charge on any atom is -0.278 e. The number of benzene rings is 2. The third-order valence-electron chi connectivity index (χ3n) is 3.29. The molecule has 0 spiro atoms. The summed E-state index contributed by atoms with van der Waals surface area (Å²) >= 11 is 6.17. The predicted octanol–water partition coefficient (Wildman–Crippen LogP) is 4.37. The van der Waals surface area contributed by atoms with Gasteiger partial charge < -0.3 is 0 Å². The van der Waals surface area contributed by atoms with Crippen molar-refractivity contribution in [1.29, 1.82) is 0 Å². The molecule has 2 rings (SSSR count). The summed E-state index contributed by atoms with van der Waals surface area (Å²) in [5.41, 5.74) is 3.96. The largest absolute Gasteiger partial charge is 0.278 e. The molecule has 2 aromatic rings. The molecule has 21 heavy (non-hydrogen) atoms. The first kappa shape index (κ1) is 15.9. The number of nitrogens with one attached hydrogen (secondary N) is 1. The van der Waals surface area contributed by atoms with Crippen LogP contribution < -0.4 is 4.72 Å². The zero-order valence-electron chi connectivity index (χ0n) is 12.5. The van der Waals surface area contributed by atoms with Crippen LogP contribution in [0.5, 0.6) is 0 Å². The van der Waals surface area contributed by atoms with Crippen molar-refractivity contribution in [3.05, 3.63) is 57.6 Å². The number of halogens is 1. The van der Waals surface area contributed by atoms with Crippen LogP contribution in [0, 0.1) is 27.7 Å². The van der Waals surface area contributed by atoms with E-state index >= 15 is 0 Å². The highest BCUT2D eigenvalue weighted by Gasteiger charge is 2.19. The Morgan fingerprint density at radius 2 is 1.52 bits per heavy atom. The summed E-state index contributed by atoms with van der Waals surface area (Å²) in [4.78, 5) is 0.268. The summed E-state index contributed by atoms with van der Waals surface area (Å²) in [5, 5.41) is 0.404. The van der Waals surface area contributed by atoms with E-state index in [1.807, 2.05) is 32.9 Å². The Labute approximate surface area is 131 Å². The molecule has 0 heterocycles. The lowest BCUT2D eigenvalue weighted by Crippen LogP contribution is -2.15. The van der Waals surface area contributed by atoms with E-state index < -0.39 is 10.0 Å². The summed E-state index contributed by atoms with van der Waals surface area (Å²) < 4.78 is 27.7. The van der Waals surface area contributed by atoms with Crippen molar-refractivity contribution in [2.45, 2.75) is 32.6 Å². The van der Waals surface area contributed by atoms with E-state index in [1.54, 1.807) is 25.1 Å². The number of rotatable bonds is 3. The Hall–Kier alpha value is -1.52. The Morgan fingerprint density at radius 1 is 0.905 bits per heavy atom. The second-order valence-corrected chi connectivity index (χ2v) is 7.37. The molecule has 0 atom stereocenters. The van der Waals surface area contributed by atoms with Gasteiger partial charge in [-0.05, 0) is 56.5 Å². The van der Waals surface area contributed by atoms with Crippen molar-refractivity contribution in [3.63, 3.8) is 0 Å². The number of aryl methyl sites for hydroxylation is 4. The quantitative estimate of drug-likeness (QED) is 0.911. The van der Waals surface area contributed by atoms with E-state index in [9.17, 15) is 8.42 Å². The lowest BCUT2D eigenvalue weighted by Gasteiger charge is -2.14. The number of anilines is 1. The molecule has 5 heteroatoms. The van der Waals surface area contributed by atoms with Crippen molar-refractivity contribution in [2.75, 3.05) is 4.72 Å². The molecule has 0 radical (unpaired) electrons. The second kappa shape index (κ2) is 5.70. The molecule has 0 saturated heterocycles. The van der Waals surface area contributed by atoms with Crippen LogP contribution in [0.1, 0.15) is 22.3 Å². The summed E-state index contributed by atoms with van der Waals surface area (Å²) in [7, 11) is -3.65. The van der Waals surface area contributed by atoms with Gasteiger partial charge in [0.2, 0.25) is 0 Å². The third-order valence-corrected chi connectivity index (χ3v) is 5.10. The van der Waals surface area contributed by atoms with Crippen LogP contribution in [0.3, 0.4) is 0 Å². The maximum absolute atomic E-state index is 12.6. The Bertz CT molecular complexity index is 775. The van der Waals surface area contributed by atoms with Crippen LogP contribution >= 0.6 is 11.6 Å². The topological polar surface area (TPSA) is 46.2 Å². The zero-order chi connectivity index (χ0) is 15.8. The van der Waals surface area contributed by atoms with Gasteiger partial charge in [-0.3, -0.25) is 4.72 Å². The van der Waals surface area contributed by atoms with Gasteiger partial charge in [0.1, 0.15) is 0 Å². The molecule has 1 N–H and O–H groups in total. The molecule has 3 nitrogen and oxygen atoms in total. The van der Waals surface area contributed by atoms with Crippen molar-refractivity contribution in [3.8, 4) is 0 Å². The molecule has 0 fully saturated rings. The maximum Gasteiger partial charge on any atom is 0.262 e. The fraction of sp³-hybridized carbons (Fsp3) is 0.250. The van der Waals surface area contributed by atoms with Gasteiger partial charge in [-0.2, -0.15) is 0 Å². The number of hydrogen-bond acceptors (Lipinski definition) is 2. The summed E-state index contributed by atoms with van der Waals surface area (Å²) in [6, 6.07) is 8.88. The Kier molecular flexibility index (Phi) is 4.30. The molecule has 0 bridgehead atoms. The molecule has 112 valence electrons. The van der Waals surface area contributed by atoms with Crippen LogP contribution in [0.4, 0.5) is 5.69 Å². The standard InChI is InChI=1S/C16H18ClNO2S/c1-10-5-6-15(12(3)7-10)21(19,20)18-16-13(4)8-11(2)9-14(16)17/h5-9,18H,1-4H3. The number of sulfonamides is 1. The van der Waals surface area contributed by atoms with Gasteiger partial charge in [-0.15, -0.1) is 0 Å². The molecule has 0 unspecified atom stereocenters. The molecule has 0 aliphatic heterocycles. The predicted molar refractivity (Wildman–Crippen MR) is 87.7 cm³/mol. The van der Waals surface area contributed by atoms with Crippen LogP contribution in [-0.2, 0) is 10.0 Å². The highest BCUT2D eigenvalue weighted by molar-refractivity contribution is 7.92. The van der Waals surface area contributed by atoms with Crippen LogP contribution in [-0.4, -0.2) is 8.42 Å². The molecule has 0 amide bonds. The average Bonchev–Trinajstić information content (AvgIpc) is 2.33. The van der Waals surface area contributed by atoms with E-state index in [0.29, 0.717) is 16.3 Å². The van der Waals surface area contributed by atoms with E-state index in [0.717, 1.165) is 16.7 Å². The SMILES string of the molecule is Cc1ccc(S(=O)(=O)Nc2c(C)cc(C)cc2Cl)c(C)c1. The van der Waals surface area contributed by atoms with Crippen molar-refractivity contribution in [1.82, 2.24) is 0 Å². The van der Waals surface area contributed by atoms with E-state index in [1.165, 1.54) is 0 Å². The first-order chi connectivity index (χ1) is 9.70. The van der Waals surface area contributed by atoms with Gasteiger partial charge in [0.05, 0.1) is 15.6 Å². The van der Waals surface area contributed by atoms with Gasteiger partial charge in [-0.1, -0.05) is 35.4 Å². The normalized spacial score (nSPS) is 11.5. The molecular weight excluding hydrogens is 306 g/mol. The van der Waals surface area contributed by atoms with Crippen molar-refractivity contribution >= 4 is 27.3 Å². The first-order valence-electron chi connectivity index (χ1n) is 6.57.